The number of hydrogen-bond donors (Lipinski definition) is 1. The summed E-state index contributed by atoms with van der Waals surface area (Å²) in [5, 5.41) is 2.63. The average Bonchev–Trinajstić information content (AvgIpc) is 2.59. The molecule has 0 radical (unpaired) electrons. The van der Waals surface area contributed by atoms with Gasteiger partial charge < -0.3 is 14.8 Å². The molecule has 2 aromatic heterocycles. The fourth-order valence-corrected chi connectivity index (χ4v) is 2.37. The van der Waals surface area contributed by atoms with Crippen LogP contribution in [0.3, 0.4) is 0 Å². The molecule has 0 spiro atoms. The van der Waals surface area contributed by atoms with Gasteiger partial charge in [0.1, 0.15) is 11.3 Å². The highest BCUT2D eigenvalue weighted by Crippen LogP contribution is 2.36. The van der Waals surface area contributed by atoms with Crippen molar-refractivity contribution in [2.24, 2.45) is 0 Å². The summed E-state index contributed by atoms with van der Waals surface area (Å²) in [6.45, 7) is 1.43. The van der Waals surface area contributed by atoms with Crippen molar-refractivity contribution >= 4 is 22.9 Å². The second-order valence-electron chi connectivity index (χ2n) is 5.02. The zero-order chi connectivity index (χ0) is 17.1. The summed E-state index contributed by atoms with van der Waals surface area (Å²) in [5.74, 6) is 1.42. The van der Waals surface area contributed by atoms with Crippen molar-refractivity contribution in [2.45, 2.75) is 6.92 Å². The van der Waals surface area contributed by atoms with Crippen LogP contribution in [0.1, 0.15) is 6.92 Å². The summed E-state index contributed by atoms with van der Waals surface area (Å²) in [5.41, 5.74) is 2.42. The second kappa shape index (κ2) is 6.49. The number of carbonyl (C=O) groups excluding carboxylic acids is 1. The first-order chi connectivity index (χ1) is 11.6. The van der Waals surface area contributed by atoms with Crippen LogP contribution in [-0.2, 0) is 4.79 Å². The maximum absolute atomic E-state index is 11.2. The van der Waals surface area contributed by atoms with Crippen molar-refractivity contribution in [2.75, 3.05) is 19.5 Å². The molecule has 3 rings (SSSR count). The zero-order valence-electron chi connectivity index (χ0n) is 13.5. The van der Waals surface area contributed by atoms with Crippen molar-refractivity contribution in [3.05, 3.63) is 36.5 Å². The van der Waals surface area contributed by atoms with Crippen molar-refractivity contribution < 1.29 is 14.3 Å². The zero-order valence-corrected chi connectivity index (χ0v) is 13.5. The van der Waals surface area contributed by atoms with E-state index < -0.39 is 0 Å². The third-order valence-corrected chi connectivity index (χ3v) is 3.39. The molecule has 3 aromatic rings. The number of benzene rings is 1. The van der Waals surface area contributed by atoms with Gasteiger partial charge in [-0.15, -0.1) is 0 Å². The van der Waals surface area contributed by atoms with E-state index in [0.717, 1.165) is 5.56 Å². The number of carbonyl (C=O) groups is 1. The number of nitrogens with zero attached hydrogens (tertiary/aromatic N) is 3. The first kappa shape index (κ1) is 15.7. The standard InChI is InChI=1S/C17H16N4O3/c1-10(22)19-15-8-7-12-17(21-15)20-13(9-18-12)11-5-4-6-14(23-2)16(11)24-3/h4-9H,1-3H3,(H,19,20,21,22). The lowest BCUT2D eigenvalue weighted by Gasteiger charge is -2.12. The number of nitrogens with one attached hydrogen (secondary N) is 1. The molecule has 1 amide bonds. The molecule has 1 N–H and O–H groups in total. The van der Waals surface area contributed by atoms with Gasteiger partial charge in [0, 0.05) is 12.5 Å². The summed E-state index contributed by atoms with van der Waals surface area (Å²) in [6.07, 6.45) is 1.65. The smallest absolute Gasteiger partial charge is 0.222 e. The molecule has 0 aliphatic carbocycles. The van der Waals surface area contributed by atoms with Gasteiger partial charge in [0.05, 0.1) is 26.1 Å². The lowest BCUT2D eigenvalue weighted by atomic mass is 10.1. The highest BCUT2D eigenvalue weighted by molar-refractivity contribution is 5.89. The normalized spacial score (nSPS) is 10.5. The van der Waals surface area contributed by atoms with E-state index >= 15 is 0 Å². The summed E-state index contributed by atoms with van der Waals surface area (Å²) in [4.78, 5) is 24.4. The van der Waals surface area contributed by atoms with Crippen molar-refractivity contribution in [3.63, 3.8) is 0 Å². The van der Waals surface area contributed by atoms with Gasteiger partial charge in [0.25, 0.3) is 0 Å². The molecule has 0 fully saturated rings. The fourth-order valence-electron chi connectivity index (χ4n) is 2.37. The maximum Gasteiger partial charge on any atom is 0.222 e. The van der Waals surface area contributed by atoms with E-state index in [4.69, 9.17) is 9.47 Å². The van der Waals surface area contributed by atoms with Crippen LogP contribution >= 0.6 is 0 Å². The van der Waals surface area contributed by atoms with Crippen LogP contribution in [0.15, 0.2) is 36.5 Å². The predicted molar refractivity (Wildman–Crippen MR) is 90.2 cm³/mol. The SMILES string of the molecule is COc1cccc(-c2cnc3ccc(NC(C)=O)nc3n2)c1OC. The van der Waals surface area contributed by atoms with Gasteiger partial charge in [-0.25, -0.2) is 9.97 Å². The van der Waals surface area contributed by atoms with E-state index in [1.165, 1.54) is 6.92 Å². The van der Waals surface area contributed by atoms with Crippen molar-refractivity contribution in [1.29, 1.82) is 0 Å². The summed E-state index contributed by atoms with van der Waals surface area (Å²) >= 11 is 0. The molecular weight excluding hydrogens is 308 g/mol. The monoisotopic (exact) mass is 324 g/mol. The summed E-state index contributed by atoms with van der Waals surface area (Å²) < 4.78 is 10.8. The molecule has 7 heteroatoms. The van der Waals surface area contributed by atoms with Gasteiger partial charge in [-0.1, -0.05) is 6.07 Å². The van der Waals surface area contributed by atoms with E-state index in [2.05, 4.69) is 20.3 Å². The van der Waals surface area contributed by atoms with Crippen molar-refractivity contribution in [1.82, 2.24) is 15.0 Å². The van der Waals surface area contributed by atoms with Gasteiger partial charge in [0.2, 0.25) is 5.91 Å². The van der Waals surface area contributed by atoms with Gasteiger partial charge in [-0.2, -0.15) is 0 Å². The minimum atomic E-state index is -0.194. The predicted octanol–water partition coefficient (Wildman–Crippen LogP) is 2.67. The Labute approximate surface area is 138 Å². The molecular formula is C17H16N4O3. The third-order valence-electron chi connectivity index (χ3n) is 3.39. The number of pyridine rings is 1. The van der Waals surface area contributed by atoms with E-state index in [0.29, 0.717) is 34.2 Å². The topological polar surface area (TPSA) is 86.2 Å². The molecule has 0 saturated carbocycles. The van der Waals surface area contributed by atoms with Crippen LogP contribution in [0.4, 0.5) is 5.82 Å². The van der Waals surface area contributed by atoms with Crippen LogP contribution in [0, 0.1) is 0 Å². The molecule has 1 aromatic carbocycles. The van der Waals surface area contributed by atoms with Crippen LogP contribution in [0.2, 0.25) is 0 Å². The number of methoxy groups -OCH3 is 2. The Balaban J connectivity index is 2.12. The molecule has 2 heterocycles. The molecule has 0 bridgehead atoms. The molecule has 0 saturated heterocycles. The first-order valence-corrected chi connectivity index (χ1v) is 7.25. The van der Waals surface area contributed by atoms with Gasteiger partial charge in [0.15, 0.2) is 17.1 Å². The minimum Gasteiger partial charge on any atom is -0.493 e. The molecule has 122 valence electrons. The number of aromatic nitrogens is 3. The Morgan fingerprint density at radius 2 is 1.92 bits per heavy atom. The average molecular weight is 324 g/mol. The Morgan fingerprint density at radius 1 is 1.08 bits per heavy atom. The number of ether oxygens (including phenoxy) is 2. The van der Waals surface area contributed by atoms with Crippen LogP contribution < -0.4 is 14.8 Å². The van der Waals surface area contributed by atoms with Gasteiger partial charge in [-0.3, -0.25) is 9.78 Å². The lowest BCUT2D eigenvalue weighted by molar-refractivity contribution is -0.114. The van der Waals surface area contributed by atoms with Crippen LogP contribution in [-0.4, -0.2) is 35.1 Å². The number of hydrogen-bond acceptors (Lipinski definition) is 6. The Bertz CT molecular complexity index is 911. The molecule has 0 atom stereocenters. The largest absolute Gasteiger partial charge is 0.493 e. The molecule has 0 aliphatic heterocycles. The molecule has 24 heavy (non-hydrogen) atoms. The number of fused-ring (bicyclic) bond motifs is 1. The van der Waals surface area contributed by atoms with E-state index in [1.807, 2.05) is 18.2 Å². The second-order valence-corrected chi connectivity index (χ2v) is 5.02. The van der Waals surface area contributed by atoms with Crippen LogP contribution in [0.5, 0.6) is 11.5 Å². The lowest BCUT2D eigenvalue weighted by Crippen LogP contribution is -2.07. The highest BCUT2D eigenvalue weighted by Gasteiger charge is 2.14. The number of anilines is 1. The number of rotatable bonds is 4. The number of para-hydroxylation sites is 1. The van der Waals surface area contributed by atoms with Crippen molar-refractivity contribution in [3.8, 4) is 22.8 Å². The Hall–Kier alpha value is -3.22. The first-order valence-electron chi connectivity index (χ1n) is 7.25. The maximum atomic E-state index is 11.2. The summed E-state index contributed by atoms with van der Waals surface area (Å²) in [7, 11) is 3.15. The Morgan fingerprint density at radius 3 is 2.62 bits per heavy atom. The third kappa shape index (κ3) is 2.96. The van der Waals surface area contributed by atoms with Gasteiger partial charge in [-0.05, 0) is 24.3 Å². The molecule has 0 unspecified atom stereocenters. The Kier molecular flexibility index (Phi) is 4.24. The van der Waals surface area contributed by atoms with Gasteiger partial charge >= 0.3 is 0 Å². The summed E-state index contributed by atoms with van der Waals surface area (Å²) in [6, 6.07) is 8.97. The molecule has 0 aliphatic rings. The fraction of sp³-hybridized carbons (Fsp3) is 0.176. The quantitative estimate of drug-likeness (QED) is 0.794. The minimum absolute atomic E-state index is 0.194. The van der Waals surface area contributed by atoms with E-state index in [9.17, 15) is 4.79 Å². The highest BCUT2D eigenvalue weighted by atomic mass is 16.5. The van der Waals surface area contributed by atoms with E-state index in [-0.39, 0.29) is 5.91 Å². The van der Waals surface area contributed by atoms with Crippen LogP contribution in [0.25, 0.3) is 22.4 Å². The molecule has 7 nitrogen and oxygen atoms in total. The van der Waals surface area contributed by atoms with E-state index in [1.54, 1.807) is 32.5 Å². The number of amides is 1.